The Bertz CT molecular complexity index is 450. The highest BCUT2D eigenvalue weighted by atomic mass is 19.1. The van der Waals surface area contributed by atoms with Crippen LogP contribution in [0.1, 0.15) is 24.9 Å². The van der Waals surface area contributed by atoms with E-state index >= 15 is 0 Å². The Morgan fingerprint density at radius 3 is 2.78 bits per heavy atom. The average molecular weight is 247 g/mol. The van der Waals surface area contributed by atoms with Crippen LogP contribution in [-0.2, 0) is 6.54 Å². The van der Waals surface area contributed by atoms with Crippen LogP contribution in [0.4, 0.5) is 4.39 Å². The van der Waals surface area contributed by atoms with E-state index in [4.69, 9.17) is 0 Å². The van der Waals surface area contributed by atoms with E-state index in [0.717, 1.165) is 25.1 Å². The Kier molecular flexibility index (Phi) is 4.47. The predicted molar refractivity (Wildman–Crippen MR) is 69.7 cm³/mol. The third-order valence-corrected chi connectivity index (χ3v) is 2.97. The van der Waals surface area contributed by atoms with Crippen LogP contribution in [0.25, 0.3) is 0 Å². The van der Waals surface area contributed by atoms with Crippen LogP contribution in [0.2, 0.25) is 0 Å². The first-order valence-electron chi connectivity index (χ1n) is 6.20. The van der Waals surface area contributed by atoms with Crippen LogP contribution >= 0.6 is 0 Å². The lowest BCUT2D eigenvalue weighted by molar-refractivity contribution is 0.525. The number of nitrogens with zero attached hydrogens (tertiary/aromatic N) is 2. The molecule has 18 heavy (non-hydrogen) atoms. The number of rotatable bonds is 6. The number of aryl methyl sites for hydroxylation is 1. The van der Waals surface area contributed by atoms with Crippen molar-refractivity contribution in [2.45, 2.75) is 25.9 Å². The van der Waals surface area contributed by atoms with Crippen LogP contribution in [0.5, 0.6) is 0 Å². The van der Waals surface area contributed by atoms with E-state index in [1.54, 1.807) is 6.20 Å². The minimum Gasteiger partial charge on any atom is -0.337 e. The third-order valence-electron chi connectivity index (χ3n) is 2.97. The molecule has 1 unspecified atom stereocenters. The fourth-order valence-electron chi connectivity index (χ4n) is 1.87. The van der Waals surface area contributed by atoms with Gasteiger partial charge in [-0.2, -0.15) is 0 Å². The molecule has 0 amide bonds. The fraction of sp³-hybridized carbons (Fsp3) is 0.357. The molecule has 0 fully saturated rings. The summed E-state index contributed by atoms with van der Waals surface area (Å²) in [7, 11) is 0. The van der Waals surface area contributed by atoms with Crippen LogP contribution in [0.3, 0.4) is 0 Å². The molecule has 1 aromatic carbocycles. The summed E-state index contributed by atoms with van der Waals surface area (Å²) in [6, 6.07) is 6.89. The first-order valence-corrected chi connectivity index (χ1v) is 6.20. The topological polar surface area (TPSA) is 29.9 Å². The Morgan fingerprint density at radius 2 is 2.11 bits per heavy atom. The predicted octanol–water partition coefficient (Wildman–Crippen LogP) is 2.76. The molecule has 0 saturated heterocycles. The molecule has 0 aliphatic carbocycles. The summed E-state index contributed by atoms with van der Waals surface area (Å²) < 4.78 is 14.8. The molecule has 1 N–H and O–H groups in total. The molecule has 96 valence electrons. The molecule has 0 aliphatic heterocycles. The highest BCUT2D eigenvalue weighted by molar-refractivity contribution is 5.19. The standard InChI is InChI=1S/C14H18FN3/c1-12(13-3-5-14(15)6-4-13)17-7-2-9-18-10-8-16-11-18/h3-6,8,10-12,17H,2,7,9H2,1H3. The summed E-state index contributed by atoms with van der Waals surface area (Å²) in [5.41, 5.74) is 1.11. The number of aromatic nitrogens is 2. The van der Waals surface area contributed by atoms with Crippen molar-refractivity contribution in [1.29, 1.82) is 0 Å². The SMILES string of the molecule is CC(NCCCn1ccnc1)c1ccc(F)cc1. The number of nitrogens with one attached hydrogen (secondary N) is 1. The Labute approximate surface area is 107 Å². The van der Waals surface area contributed by atoms with Gasteiger partial charge in [0, 0.05) is 25.0 Å². The van der Waals surface area contributed by atoms with Crippen molar-refractivity contribution in [3.05, 3.63) is 54.4 Å². The second kappa shape index (κ2) is 6.31. The van der Waals surface area contributed by atoms with E-state index in [-0.39, 0.29) is 11.9 Å². The largest absolute Gasteiger partial charge is 0.337 e. The Balaban J connectivity index is 1.71. The molecule has 1 heterocycles. The van der Waals surface area contributed by atoms with Gasteiger partial charge in [-0.3, -0.25) is 0 Å². The number of hydrogen-bond donors (Lipinski definition) is 1. The van der Waals surface area contributed by atoms with Gasteiger partial charge >= 0.3 is 0 Å². The zero-order valence-corrected chi connectivity index (χ0v) is 10.5. The van der Waals surface area contributed by atoms with Crippen molar-refractivity contribution >= 4 is 0 Å². The molecular formula is C14H18FN3. The normalized spacial score (nSPS) is 12.6. The number of hydrogen-bond acceptors (Lipinski definition) is 2. The maximum Gasteiger partial charge on any atom is 0.123 e. The van der Waals surface area contributed by atoms with Gasteiger partial charge in [-0.15, -0.1) is 0 Å². The molecule has 2 aromatic rings. The van der Waals surface area contributed by atoms with Gasteiger partial charge in [0.05, 0.1) is 6.33 Å². The van der Waals surface area contributed by atoms with E-state index < -0.39 is 0 Å². The quantitative estimate of drug-likeness (QED) is 0.795. The van der Waals surface area contributed by atoms with Crippen molar-refractivity contribution in [2.75, 3.05) is 6.54 Å². The maximum absolute atomic E-state index is 12.8. The molecule has 3 nitrogen and oxygen atoms in total. The van der Waals surface area contributed by atoms with Crippen LogP contribution < -0.4 is 5.32 Å². The molecule has 0 saturated carbocycles. The van der Waals surface area contributed by atoms with Gasteiger partial charge in [0.2, 0.25) is 0 Å². The molecule has 0 bridgehead atoms. The van der Waals surface area contributed by atoms with Gasteiger partial charge in [0.15, 0.2) is 0 Å². The third kappa shape index (κ3) is 3.67. The van der Waals surface area contributed by atoms with Crippen molar-refractivity contribution in [2.24, 2.45) is 0 Å². The Morgan fingerprint density at radius 1 is 1.33 bits per heavy atom. The monoisotopic (exact) mass is 247 g/mol. The molecule has 4 heteroatoms. The molecular weight excluding hydrogens is 229 g/mol. The minimum atomic E-state index is -0.189. The number of benzene rings is 1. The average Bonchev–Trinajstić information content (AvgIpc) is 2.88. The second-order valence-corrected chi connectivity index (χ2v) is 4.38. The lowest BCUT2D eigenvalue weighted by atomic mass is 10.1. The summed E-state index contributed by atoms with van der Waals surface area (Å²) >= 11 is 0. The Hall–Kier alpha value is -1.68. The van der Waals surface area contributed by atoms with Gasteiger partial charge < -0.3 is 9.88 Å². The van der Waals surface area contributed by atoms with E-state index in [9.17, 15) is 4.39 Å². The first-order chi connectivity index (χ1) is 8.75. The summed E-state index contributed by atoms with van der Waals surface area (Å²) in [6.07, 6.45) is 6.61. The van der Waals surface area contributed by atoms with Gasteiger partial charge in [-0.05, 0) is 37.6 Å². The highest BCUT2D eigenvalue weighted by Crippen LogP contribution is 2.12. The van der Waals surface area contributed by atoms with E-state index in [1.807, 2.05) is 24.7 Å². The molecule has 0 radical (unpaired) electrons. The molecule has 0 spiro atoms. The summed E-state index contributed by atoms with van der Waals surface area (Å²) in [4.78, 5) is 4.00. The van der Waals surface area contributed by atoms with Crippen LogP contribution in [0.15, 0.2) is 43.0 Å². The molecule has 2 rings (SSSR count). The lowest BCUT2D eigenvalue weighted by Crippen LogP contribution is -2.20. The van der Waals surface area contributed by atoms with Gasteiger partial charge in [-0.1, -0.05) is 12.1 Å². The molecule has 1 aromatic heterocycles. The lowest BCUT2D eigenvalue weighted by Gasteiger charge is -2.14. The van der Waals surface area contributed by atoms with E-state index in [0.29, 0.717) is 0 Å². The van der Waals surface area contributed by atoms with Crippen LogP contribution in [0, 0.1) is 5.82 Å². The van der Waals surface area contributed by atoms with Crippen molar-refractivity contribution in [3.8, 4) is 0 Å². The van der Waals surface area contributed by atoms with Crippen LogP contribution in [-0.4, -0.2) is 16.1 Å². The maximum atomic E-state index is 12.8. The van der Waals surface area contributed by atoms with E-state index in [1.165, 1.54) is 12.1 Å². The number of halogens is 1. The van der Waals surface area contributed by atoms with Crippen molar-refractivity contribution in [3.63, 3.8) is 0 Å². The van der Waals surface area contributed by atoms with Gasteiger partial charge in [0.25, 0.3) is 0 Å². The highest BCUT2D eigenvalue weighted by Gasteiger charge is 2.03. The fourth-order valence-corrected chi connectivity index (χ4v) is 1.87. The minimum absolute atomic E-state index is 0.189. The zero-order chi connectivity index (χ0) is 12.8. The molecule has 0 aliphatic rings. The smallest absolute Gasteiger partial charge is 0.123 e. The van der Waals surface area contributed by atoms with Crippen molar-refractivity contribution in [1.82, 2.24) is 14.9 Å². The van der Waals surface area contributed by atoms with Gasteiger partial charge in [0.1, 0.15) is 5.82 Å². The second-order valence-electron chi connectivity index (χ2n) is 4.38. The zero-order valence-electron chi connectivity index (χ0n) is 10.5. The number of imidazole rings is 1. The van der Waals surface area contributed by atoms with E-state index in [2.05, 4.69) is 21.8 Å². The summed E-state index contributed by atoms with van der Waals surface area (Å²) in [5, 5.41) is 3.42. The summed E-state index contributed by atoms with van der Waals surface area (Å²) in [6.45, 7) is 3.98. The summed E-state index contributed by atoms with van der Waals surface area (Å²) in [5.74, 6) is -0.189. The molecule has 1 atom stereocenters. The van der Waals surface area contributed by atoms with Gasteiger partial charge in [-0.25, -0.2) is 9.37 Å². The first kappa shape index (κ1) is 12.8. The van der Waals surface area contributed by atoms with Crippen molar-refractivity contribution < 1.29 is 4.39 Å².